The third kappa shape index (κ3) is 16.9. The number of rotatable bonds is 16. The molecule has 0 spiro atoms. The molecule has 0 aromatic carbocycles. The summed E-state index contributed by atoms with van der Waals surface area (Å²) in [7, 11) is 0. The number of Topliss-reactive ketones (excluding diaryl/α,β-unsaturated/α-hetero) is 1. The Morgan fingerprint density at radius 3 is 1.00 bits per heavy atom. The van der Waals surface area contributed by atoms with Crippen molar-refractivity contribution in [2.24, 2.45) is 0 Å². The fraction of sp³-hybridized carbons (Fsp3) is 0.667. The molecule has 0 bridgehead atoms. The zero-order valence-corrected chi connectivity index (χ0v) is 17.7. The summed E-state index contributed by atoms with van der Waals surface area (Å²) < 4.78 is 0. The Bertz CT molecular complexity index is 487. The predicted molar refractivity (Wildman–Crippen MR) is 90.5 cm³/mol. The van der Waals surface area contributed by atoms with E-state index in [-0.39, 0.29) is 78.4 Å². The molecule has 0 saturated carbocycles. The summed E-state index contributed by atoms with van der Waals surface area (Å²) in [5.74, 6) is -4.96. The van der Waals surface area contributed by atoms with Crippen LogP contribution in [0.1, 0.15) is 6.92 Å². The Hall–Kier alpha value is -1.25. The molecule has 0 aliphatic carbocycles. The summed E-state index contributed by atoms with van der Waals surface area (Å²) in [4.78, 5) is 58.6. The minimum Gasteiger partial charge on any atom is -0.480 e. The Labute approximate surface area is 193 Å². The third-order valence-corrected chi connectivity index (χ3v) is 3.35. The minimum atomic E-state index is -1.19. The smallest absolute Gasteiger partial charge is 0.480 e. The second-order valence-electron chi connectivity index (χ2n) is 5.97. The van der Waals surface area contributed by atoms with Crippen LogP contribution in [0.4, 0.5) is 0 Å². The van der Waals surface area contributed by atoms with Crippen molar-refractivity contribution in [2.45, 2.75) is 6.92 Å². The first kappa shape index (κ1) is 29.0. The van der Waals surface area contributed by atoms with Gasteiger partial charge in [0.05, 0.1) is 32.7 Å². The number of carboxylic acid groups (broad SMARTS) is 4. The second-order valence-corrected chi connectivity index (χ2v) is 5.97. The van der Waals surface area contributed by atoms with Crippen molar-refractivity contribution in [1.82, 2.24) is 14.7 Å². The van der Waals surface area contributed by atoms with E-state index in [2.05, 4.69) is 0 Å². The van der Waals surface area contributed by atoms with Crippen LogP contribution in [0.3, 0.4) is 0 Å². The molecule has 1 radical (unpaired) electrons. The molecule has 0 aliphatic heterocycles. The molecule has 13 heteroatoms. The van der Waals surface area contributed by atoms with E-state index in [1.54, 1.807) is 4.90 Å². The fourth-order valence-corrected chi connectivity index (χ4v) is 2.34. The Balaban J connectivity index is 0. The number of nitrogens with zero attached hydrogens (tertiary/aromatic N) is 3. The molecular weight excluding hydrogens is 523 g/mol. The van der Waals surface area contributed by atoms with Crippen molar-refractivity contribution in [3.8, 4) is 0 Å². The van der Waals surface area contributed by atoms with Crippen LogP contribution in [0.2, 0.25) is 0 Å². The van der Waals surface area contributed by atoms with E-state index in [0.717, 1.165) is 0 Å². The van der Waals surface area contributed by atoms with Gasteiger partial charge in [0.2, 0.25) is 0 Å². The number of carbonyl (C=O) groups is 5. The maximum atomic E-state index is 11.4. The van der Waals surface area contributed by atoms with E-state index in [1.807, 2.05) is 0 Å². The zero-order valence-electron chi connectivity index (χ0n) is 15.4. The van der Waals surface area contributed by atoms with Gasteiger partial charge in [-0.05, 0) is 6.92 Å². The number of aliphatic carboxylic acids is 4. The van der Waals surface area contributed by atoms with Crippen LogP contribution in [-0.2, 0) is 24.0 Å². The van der Waals surface area contributed by atoms with Crippen molar-refractivity contribution < 1.29 is 84.3 Å². The summed E-state index contributed by atoms with van der Waals surface area (Å²) in [5, 5.41) is 35.3. The largest absolute Gasteiger partial charge is 3.00 e. The van der Waals surface area contributed by atoms with E-state index in [4.69, 9.17) is 20.4 Å². The van der Waals surface area contributed by atoms with E-state index >= 15 is 0 Å². The predicted octanol–water partition coefficient (Wildman–Crippen LogP) is -2.18. The molecule has 0 unspecified atom stereocenters. The van der Waals surface area contributed by atoms with Crippen LogP contribution in [0.25, 0.3) is 0 Å². The number of hydrogen-bond acceptors (Lipinski definition) is 8. The molecule has 12 nitrogen and oxygen atoms in total. The average molecular weight is 549 g/mol. The second kappa shape index (κ2) is 15.7. The summed E-state index contributed by atoms with van der Waals surface area (Å²) in [5.41, 5.74) is 0. The van der Waals surface area contributed by atoms with E-state index in [0.29, 0.717) is 0 Å². The van der Waals surface area contributed by atoms with Crippen molar-refractivity contribution >= 4 is 29.7 Å². The number of hydrogen-bond donors (Lipinski definition) is 4. The van der Waals surface area contributed by atoms with Gasteiger partial charge in [0.15, 0.2) is 0 Å². The Morgan fingerprint density at radius 2 is 0.786 bits per heavy atom. The molecule has 0 aliphatic rings. The molecule has 0 aromatic heterocycles. The number of carboxylic acids is 4. The first-order valence-corrected chi connectivity index (χ1v) is 8.03. The van der Waals surface area contributed by atoms with Crippen molar-refractivity contribution in [2.75, 3.05) is 58.9 Å². The molecule has 0 fully saturated rings. The van der Waals surface area contributed by atoms with Gasteiger partial charge < -0.3 is 20.4 Å². The minimum absolute atomic E-state index is 0. The number of carbonyl (C=O) groups excluding carboxylic acids is 1. The average Bonchev–Trinajstić information content (AvgIpc) is 2.46. The zero-order chi connectivity index (χ0) is 21.0. The molecule has 0 heterocycles. The van der Waals surface area contributed by atoms with E-state index in [1.165, 1.54) is 16.7 Å². The van der Waals surface area contributed by atoms with Gasteiger partial charge in [-0.3, -0.25) is 38.7 Å². The van der Waals surface area contributed by atoms with Gasteiger partial charge in [-0.25, -0.2) is 0 Å². The quantitative estimate of drug-likeness (QED) is 0.164. The van der Waals surface area contributed by atoms with Crippen molar-refractivity contribution in [3.05, 3.63) is 0 Å². The van der Waals surface area contributed by atoms with Gasteiger partial charge in [-0.15, -0.1) is 0 Å². The standard InChI is InChI=1S/C15H25N3O9.Gd/c1-11(19)6-16(2-4-17(7-12(20)21)8-13(22)23)3-5-18(9-14(24)25)10-15(26)27;/h2-10H2,1H3,(H,20,21)(H,22,23)(H,24,25)(H,26,27);/q;+3. The van der Waals surface area contributed by atoms with Crippen LogP contribution in [0.15, 0.2) is 0 Å². The molecule has 0 amide bonds. The van der Waals surface area contributed by atoms with Gasteiger partial charge in [0.1, 0.15) is 5.78 Å². The monoisotopic (exact) mass is 549 g/mol. The van der Waals surface area contributed by atoms with E-state index in [9.17, 15) is 24.0 Å². The Morgan fingerprint density at radius 1 is 0.536 bits per heavy atom. The first-order valence-electron chi connectivity index (χ1n) is 8.03. The fourth-order valence-electron chi connectivity index (χ4n) is 2.34. The molecule has 4 N–H and O–H groups in total. The van der Waals surface area contributed by atoms with Crippen LogP contribution in [-0.4, -0.2) is 124 Å². The first-order chi connectivity index (χ1) is 12.5. The summed E-state index contributed by atoms with van der Waals surface area (Å²) >= 11 is 0. The summed E-state index contributed by atoms with van der Waals surface area (Å²) in [6.45, 7) is -0.160. The van der Waals surface area contributed by atoms with Gasteiger partial charge in [0.25, 0.3) is 0 Å². The SMILES string of the molecule is CC(=O)CN(CCN(CC(=O)O)CC(=O)O)CCN(CC(=O)O)CC(=O)O.[Gd+3]. The molecule has 0 aromatic rings. The summed E-state index contributed by atoms with van der Waals surface area (Å²) in [6.07, 6.45) is 0. The maximum absolute atomic E-state index is 11.4. The van der Waals surface area contributed by atoms with Crippen molar-refractivity contribution in [3.63, 3.8) is 0 Å². The molecule has 159 valence electrons. The maximum Gasteiger partial charge on any atom is 3.00 e. The van der Waals surface area contributed by atoms with Gasteiger partial charge in [-0.2, -0.15) is 0 Å². The normalized spacial score (nSPS) is 10.7. The van der Waals surface area contributed by atoms with Gasteiger partial charge in [0, 0.05) is 26.2 Å². The van der Waals surface area contributed by atoms with Gasteiger partial charge >= 0.3 is 63.8 Å². The van der Waals surface area contributed by atoms with Crippen LogP contribution in [0.5, 0.6) is 0 Å². The summed E-state index contributed by atoms with van der Waals surface area (Å²) in [6, 6.07) is 0. The molecule has 28 heavy (non-hydrogen) atoms. The van der Waals surface area contributed by atoms with E-state index < -0.39 is 50.1 Å². The molecular formula is C15H25GdN3O9+3. The van der Waals surface area contributed by atoms with Crippen LogP contribution < -0.4 is 0 Å². The molecule has 0 saturated heterocycles. The molecule has 0 rings (SSSR count). The molecule has 0 atom stereocenters. The van der Waals surface area contributed by atoms with Crippen molar-refractivity contribution in [1.29, 1.82) is 0 Å². The number of ketones is 1. The Kier molecular flexibility index (Phi) is 16.2. The van der Waals surface area contributed by atoms with Gasteiger partial charge in [-0.1, -0.05) is 0 Å². The topological polar surface area (TPSA) is 176 Å². The van der Waals surface area contributed by atoms with Crippen LogP contribution >= 0.6 is 0 Å². The van der Waals surface area contributed by atoms with Crippen LogP contribution in [0, 0.1) is 39.9 Å². The third-order valence-electron chi connectivity index (χ3n) is 3.35.